The van der Waals surface area contributed by atoms with Crippen LogP contribution in [-0.4, -0.2) is 61.9 Å². The van der Waals surface area contributed by atoms with Crippen molar-refractivity contribution in [3.63, 3.8) is 0 Å². The van der Waals surface area contributed by atoms with Crippen LogP contribution in [0.5, 0.6) is 0 Å². The minimum atomic E-state index is -3.47. The van der Waals surface area contributed by atoms with Crippen molar-refractivity contribution in [2.24, 2.45) is 5.92 Å². The van der Waals surface area contributed by atoms with Gasteiger partial charge in [-0.1, -0.05) is 67.6 Å². The van der Waals surface area contributed by atoms with E-state index in [9.17, 15) is 19.5 Å². The summed E-state index contributed by atoms with van der Waals surface area (Å²) in [5.41, 5.74) is 1.95. The van der Waals surface area contributed by atoms with Gasteiger partial charge in [-0.2, -0.15) is 0 Å². The molecule has 0 aliphatic carbocycles. The Hall–Kier alpha value is -3.86. The minimum absolute atomic E-state index is 0.0920. The van der Waals surface area contributed by atoms with E-state index in [2.05, 4.69) is 0 Å². The van der Waals surface area contributed by atoms with Gasteiger partial charge in [-0.05, 0) is 55.3 Å². The van der Waals surface area contributed by atoms with Crippen LogP contribution in [0, 0.1) is 5.92 Å². The molecule has 10 heteroatoms. The molecule has 2 fully saturated rings. The number of halogens is 1. The number of hydrogen-bond donors (Lipinski definition) is 1. The van der Waals surface area contributed by atoms with E-state index in [0.29, 0.717) is 30.8 Å². The van der Waals surface area contributed by atoms with Crippen LogP contribution in [0.3, 0.4) is 0 Å². The fraction of sp³-hybridized carbons (Fsp3) is 0.432. The third kappa shape index (κ3) is 6.26. The number of carbonyl (C=O) groups excluding carboxylic acids is 3. The number of piperidine rings is 1. The molecule has 248 valence electrons. The standard InChI is InChI=1S/C37H44FN3O5Si/c1-26-35(47(2,3)38)32(23-34(44)39(20-21-42)24-27-12-5-4-6-13-27)46-37(26)30-16-7-8-17-31(30)41(36(37)45)25-28-14-11-15-29(22-28)40-19-10-9-18-33(40)43/h4-8,11-17,22,26,32,35,42H,9-10,18-21,23-25H2,1-3H3/t26-,32+,35-,37+/m1/s1. The molecule has 1 spiro atoms. The van der Waals surface area contributed by atoms with Crippen molar-refractivity contribution in [1.82, 2.24) is 4.90 Å². The van der Waals surface area contributed by atoms with Gasteiger partial charge in [0.15, 0.2) is 5.60 Å². The van der Waals surface area contributed by atoms with E-state index in [-0.39, 0.29) is 43.8 Å². The van der Waals surface area contributed by atoms with Gasteiger partial charge in [-0.3, -0.25) is 14.4 Å². The van der Waals surface area contributed by atoms with E-state index in [1.165, 1.54) is 0 Å². The first kappa shape index (κ1) is 33.1. The largest absolute Gasteiger partial charge is 0.395 e. The molecule has 2 saturated heterocycles. The molecule has 8 nitrogen and oxygen atoms in total. The van der Waals surface area contributed by atoms with E-state index in [4.69, 9.17) is 4.74 Å². The Bertz CT molecular complexity index is 1630. The zero-order valence-corrected chi connectivity index (χ0v) is 28.4. The van der Waals surface area contributed by atoms with Crippen LogP contribution in [0.1, 0.15) is 49.3 Å². The molecule has 3 aliphatic rings. The molecule has 3 aliphatic heterocycles. The van der Waals surface area contributed by atoms with Gasteiger partial charge >= 0.3 is 0 Å². The zero-order chi connectivity index (χ0) is 33.3. The SMILES string of the molecule is C[C@@H]1[C@@H]([Si](C)(C)F)[C@H](CC(=O)N(CCO)Cc2ccccc2)O[C@@]12C(=O)N(Cc1cccc(N3CCCCC3=O)c1)c1ccccc12. The molecule has 3 heterocycles. The predicted molar refractivity (Wildman–Crippen MR) is 182 cm³/mol. The number of ether oxygens (including phenoxy) is 1. The Morgan fingerprint density at radius 1 is 1.02 bits per heavy atom. The number of carbonyl (C=O) groups is 3. The fourth-order valence-corrected chi connectivity index (χ4v) is 10.5. The molecule has 3 aromatic rings. The maximum absolute atomic E-state index is 16.3. The highest BCUT2D eigenvalue weighted by Crippen LogP contribution is 2.60. The highest BCUT2D eigenvalue weighted by molar-refractivity contribution is 6.72. The Kier molecular flexibility index (Phi) is 9.38. The lowest BCUT2D eigenvalue weighted by Gasteiger charge is -2.31. The summed E-state index contributed by atoms with van der Waals surface area (Å²) in [6, 6.07) is 24.8. The molecule has 0 bridgehead atoms. The van der Waals surface area contributed by atoms with E-state index < -0.39 is 31.6 Å². The van der Waals surface area contributed by atoms with Gasteiger partial charge in [0.1, 0.15) is 0 Å². The van der Waals surface area contributed by atoms with Crippen molar-refractivity contribution < 1.29 is 28.3 Å². The number of fused-ring (bicyclic) bond motifs is 2. The van der Waals surface area contributed by atoms with Crippen molar-refractivity contribution in [3.8, 4) is 0 Å². The number of para-hydroxylation sites is 1. The highest BCUT2D eigenvalue weighted by atomic mass is 28.4. The first-order valence-electron chi connectivity index (χ1n) is 16.6. The molecular weight excluding hydrogens is 614 g/mol. The monoisotopic (exact) mass is 657 g/mol. The minimum Gasteiger partial charge on any atom is -0.395 e. The Labute approximate surface area is 277 Å². The van der Waals surface area contributed by atoms with Crippen molar-refractivity contribution in [2.75, 3.05) is 29.5 Å². The van der Waals surface area contributed by atoms with Crippen LogP contribution in [-0.2, 0) is 37.8 Å². The van der Waals surface area contributed by atoms with Gasteiger partial charge in [-0.15, -0.1) is 0 Å². The van der Waals surface area contributed by atoms with Crippen LogP contribution in [0.2, 0.25) is 18.6 Å². The topological polar surface area (TPSA) is 90.4 Å². The summed E-state index contributed by atoms with van der Waals surface area (Å²) in [6.07, 6.45) is 1.47. The van der Waals surface area contributed by atoms with Crippen LogP contribution >= 0.6 is 0 Å². The van der Waals surface area contributed by atoms with Gasteiger partial charge in [0, 0.05) is 48.8 Å². The molecule has 0 saturated carbocycles. The molecule has 6 rings (SSSR count). The number of anilines is 2. The Balaban J connectivity index is 1.30. The lowest BCUT2D eigenvalue weighted by atomic mass is 9.82. The predicted octanol–water partition coefficient (Wildman–Crippen LogP) is 5.94. The number of aliphatic hydroxyl groups is 1. The second-order valence-corrected chi connectivity index (χ2v) is 17.4. The number of nitrogens with zero attached hydrogens (tertiary/aromatic N) is 3. The first-order valence-corrected chi connectivity index (χ1v) is 19.6. The lowest BCUT2D eigenvalue weighted by molar-refractivity contribution is -0.150. The second-order valence-electron chi connectivity index (χ2n) is 13.6. The number of amides is 3. The average Bonchev–Trinajstić information content (AvgIpc) is 3.48. The van der Waals surface area contributed by atoms with Crippen molar-refractivity contribution >= 4 is 37.5 Å². The molecule has 0 unspecified atom stereocenters. The number of aliphatic hydroxyl groups excluding tert-OH is 1. The molecule has 47 heavy (non-hydrogen) atoms. The molecule has 3 aromatic carbocycles. The van der Waals surface area contributed by atoms with Crippen molar-refractivity contribution in [2.45, 2.75) is 76.0 Å². The summed E-state index contributed by atoms with van der Waals surface area (Å²) in [6.45, 7) is 6.32. The molecule has 4 atom stereocenters. The maximum atomic E-state index is 16.3. The summed E-state index contributed by atoms with van der Waals surface area (Å²) in [5.74, 6) is -0.933. The molecule has 1 N–H and O–H groups in total. The van der Waals surface area contributed by atoms with E-state index in [1.54, 1.807) is 22.9 Å². The Morgan fingerprint density at radius 2 is 1.74 bits per heavy atom. The summed E-state index contributed by atoms with van der Waals surface area (Å²) in [5, 5.41) is 9.77. The third-order valence-electron chi connectivity index (χ3n) is 10.1. The smallest absolute Gasteiger partial charge is 0.264 e. The highest BCUT2D eigenvalue weighted by Gasteiger charge is 2.67. The van der Waals surface area contributed by atoms with Gasteiger partial charge < -0.3 is 28.7 Å². The number of benzene rings is 3. The van der Waals surface area contributed by atoms with Gasteiger partial charge in [0.2, 0.25) is 20.2 Å². The van der Waals surface area contributed by atoms with Crippen molar-refractivity contribution in [3.05, 3.63) is 95.6 Å². The average molecular weight is 658 g/mol. The number of rotatable bonds is 10. The second kappa shape index (κ2) is 13.3. The normalized spacial score (nSPS) is 24.2. The van der Waals surface area contributed by atoms with Gasteiger partial charge in [0.25, 0.3) is 5.91 Å². The molecule has 0 radical (unpaired) electrons. The Morgan fingerprint density at radius 3 is 2.47 bits per heavy atom. The van der Waals surface area contributed by atoms with Gasteiger partial charge in [0.05, 0.1) is 31.4 Å². The van der Waals surface area contributed by atoms with Gasteiger partial charge in [-0.25, -0.2) is 0 Å². The summed E-state index contributed by atoms with van der Waals surface area (Å²) in [4.78, 5) is 46.3. The first-order chi connectivity index (χ1) is 22.5. The molecule has 3 amide bonds. The van der Waals surface area contributed by atoms with Crippen LogP contribution in [0.15, 0.2) is 78.9 Å². The third-order valence-corrected chi connectivity index (χ3v) is 12.5. The summed E-state index contributed by atoms with van der Waals surface area (Å²) >= 11 is 0. The van der Waals surface area contributed by atoms with Crippen LogP contribution < -0.4 is 9.80 Å². The van der Waals surface area contributed by atoms with E-state index >= 15 is 4.11 Å². The van der Waals surface area contributed by atoms with Crippen LogP contribution in [0.4, 0.5) is 15.5 Å². The molecular formula is C37H44FN3O5Si. The van der Waals surface area contributed by atoms with E-state index in [0.717, 1.165) is 29.7 Å². The number of hydrogen-bond acceptors (Lipinski definition) is 5. The lowest BCUT2D eigenvalue weighted by Crippen LogP contribution is -2.45. The quantitative estimate of drug-likeness (QED) is 0.216. The van der Waals surface area contributed by atoms with Crippen molar-refractivity contribution in [1.29, 1.82) is 0 Å². The van der Waals surface area contributed by atoms with Crippen LogP contribution in [0.25, 0.3) is 0 Å². The summed E-state index contributed by atoms with van der Waals surface area (Å²) < 4.78 is 23.1. The summed E-state index contributed by atoms with van der Waals surface area (Å²) in [7, 11) is -3.47. The maximum Gasteiger partial charge on any atom is 0.264 e. The van der Waals surface area contributed by atoms with E-state index in [1.807, 2.05) is 90.7 Å². The molecule has 0 aromatic heterocycles. The zero-order valence-electron chi connectivity index (χ0n) is 27.4. The fourth-order valence-electron chi connectivity index (χ4n) is 7.96.